The molecule has 1 atom stereocenters. The quantitative estimate of drug-likeness (QED) is 0.458. The minimum atomic E-state index is 0.582. The first-order chi connectivity index (χ1) is 5.45. The Morgan fingerprint density at radius 2 is 1.75 bits per heavy atom. The molecule has 0 nitrogen and oxygen atoms in total. The van der Waals surface area contributed by atoms with E-state index in [9.17, 15) is 0 Å². The van der Waals surface area contributed by atoms with E-state index >= 15 is 0 Å². The SMILES string of the molecule is C=C(C)/C=C\C(=C(/C)P)C(C)C. The Morgan fingerprint density at radius 1 is 1.25 bits per heavy atom. The van der Waals surface area contributed by atoms with Crippen molar-refractivity contribution in [3.05, 3.63) is 35.2 Å². The molecule has 0 fully saturated rings. The number of hydrogen-bond acceptors (Lipinski definition) is 0. The third-order valence-corrected chi connectivity index (χ3v) is 1.96. The fraction of sp³-hybridized carbons (Fsp3) is 0.455. The van der Waals surface area contributed by atoms with Crippen molar-refractivity contribution in [1.29, 1.82) is 0 Å². The molecule has 0 aromatic rings. The molecule has 0 aromatic heterocycles. The lowest BCUT2D eigenvalue weighted by Gasteiger charge is -2.08. The zero-order valence-electron chi connectivity index (χ0n) is 8.52. The zero-order chi connectivity index (χ0) is 9.72. The van der Waals surface area contributed by atoms with Gasteiger partial charge in [-0.15, -0.1) is 9.24 Å². The minimum absolute atomic E-state index is 0.582. The molecule has 12 heavy (non-hydrogen) atoms. The van der Waals surface area contributed by atoms with Gasteiger partial charge in [0.15, 0.2) is 0 Å². The van der Waals surface area contributed by atoms with Crippen LogP contribution in [0.15, 0.2) is 35.2 Å². The second kappa shape index (κ2) is 5.32. The summed E-state index contributed by atoms with van der Waals surface area (Å²) in [6.45, 7) is 12.4. The van der Waals surface area contributed by atoms with Crippen molar-refractivity contribution in [2.24, 2.45) is 5.92 Å². The Labute approximate surface area is 78.6 Å². The van der Waals surface area contributed by atoms with Crippen LogP contribution >= 0.6 is 9.24 Å². The van der Waals surface area contributed by atoms with E-state index in [-0.39, 0.29) is 0 Å². The van der Waals surface area contributed by atoms with E-state index in [4.69, 9.17) is 0 Å². The molecule has 1 heteroatoms. The van der Waals surface area contributed by atoms with Gasteiger partial charge in [-0.1, -0.05) is 43.5 Å². The highest BCUT2D eigenvalue weighted by atomic mass is 31.0. The average Bonchev–Trinajstić information content (AvgIpc) is 1.84. The van der Waals surface area contributed by atoms with Crippen molar-refractivity contribution < 1.29 is 0 Å². The summed E-state index contributed by atoms with van der Waals surface area (Å²) in [5.74, 6) is 0.582. The Balaban J connectivity index is 4.58. The Hall–Kier alpha value is -0.350. The van der Waals surface area contributed by atoms with Crippen LogP contribution in [0.1, 0.15) is 27.7 Å². The van der Waals surface area contributed by atoms with Gasteiger partial charge in [0, 0.05) is 0 Å². The summed E-state index contributed by atoms with van der Waals surface area (Å²) < 4.78 is 0. The van der Waals surface area contributed by atoms with E-state index in [2.05, 4.69) is 48.7 Å². The van der Waals surface area contributed by atoms with Gasteiger partial charge in [-0.3, -0.25) is 0 Å². The van der Waals surface area contributed by atoms with Crippen LogP contribution in [0.2, 0.25) is 0 Å². The molecule has 0 aliphatic carbocycles. The second-order valence-corrected chi connectivity index (χ2v) is 4.34. The van der Waals surface area contributed by atoms with Gasteiger partial charge in [0.25, 0.3) is 0 Å². The Kier molecular flexibility index (Phi) is 5.17. The van der Waals surface area contributed by atoms with Crippen LogP contribution in [0.4, 0.5) is 0 Å². The maximum atomic E-state index is 3.83. The number of allylic oxidation sites excluding steroid dienone is 5. The molecule has 0 N–H and O–H groups in total. The predicted octanol–water partition coefficient (Wildman–Crippen LogP) is 3.92. The molecule has 0 amide bonds. The van der Waals surface area contributed by atoms with Gasteiger partial charge in [-0.05, 0) is 25.3 Å². The van der Waals surface area contributed by atoms with Crippen LogP contribution in [0.3, 0.4) is 0 Å². The van der Waals surface area contributed by atoms with Gasteiger partial charge >= 0.3 is 0 Å². The van der Waals surface area contributed by atoms with Crippen molar-refractivity contribution in [3.8, 4) is 0 Å². The van der Waals surface area contributed by atoms with Crippen molar-refractivity contribution in [1.82, 2.24) is 0 Å². The summed E-state index contributed by atoms with van der Waals surface area (Å²) in [7, 11) is 2.75. The molecule has 0 saturated heterocycles. The summed E-state index contributed by atoms with van der Waals surface area (Å²) in [5, 5.41) is 1.31. The third kappa shape index (κ3) is 4.51. The molecule has 0 rings (SSSR count). The molecule has 0 aliphatic heterocycles. The van der Waals surface area contributed by atoms with Crippen LogP contribution in [0, 0.1) is 5.92 Å². The number of hydrogen-bond donors (Lipinski definition) is 0. The van der Waals surface area contributed by atoms with Gasteiger partial charge in [-0.25, -0.2) is 0 Å². The monoisotopic (exact) mass is 182 g/mol. The summed E-state index contributed by atoms with van der Waals surface area (Å²) in [6, 6.07) is 0. The normalized spacial score (nSPS) is 13.8. The highest BCUT2D eigenvalue weighted by Crippen LogP contribution is 2.20. The molecule has 0 bridgehead atoms. The highest BCUT2D eigenvalue weighted by Gasteiger charge is 2.00. The molecule has 0 aliphatic rings. The second-order valence-electron chi connectivity index (χ2n) is 3.47. The van der Waals surface area contributed by atoms with Gasteiger partial charge in [-0.2, -0.15) is 0 Å². The first kappa shape index (κ1) is 11.6. The smallest absolute Gasteiger partial charge is 0.0216 e. The van der Waals surface area contributed by atoms with Gasteiger partial charge in [0.1, 0.15) is 0 Å². The lowest BCUT2D eigenvalue weighted by Crippen LogP contribution is -1.91. The van der Waals surface area contributed by atoms with Crippen LogP contribution in [0.5, 0.6) is 0 Å². The van der Waals surface area contributed by atoms with Crippen molar-refractivity contribution in [2.75, 3.05) is 0 Å². The summed E-state index contributed by atoms with van der Waals surface area (Å²) in [5.41, 5.74) is 2.47. The van der Waals surface area contributed by atoms with Crippen molar-refractivity contribution in [2.45, 2.75) is 27.7 Å². The first-order valence-corrected chi connectivity index (χ1v) is 4.82. The molecule has 0 heterocycles. The fourth-order valence-electron chi connectivity index (χ4n) is 1.01. The third-order valence-electron chi connectivity index (χ3n) is 1.62. The van der Waals surface area contributed by atoms with E-state index in [0.29, 0.717) is 5.92 Å². The molecule has 0 radical (unpaired) electrons. The lowest BCUT2D eigenvalue weighted by molar-refractivity contribution is 0.787. The van der Waals surface area contributed by atoms with E-state index in [0.717, 1.165) is 5.57 Å². The van der Waals surface area contributed by atoms with Gasteiger partial charge < -0.3 is 0 Å². The fourth-order valence-corrected chi connectivity index (χ4v) is 1.44. The molecule has 0 aromatic carbocycles. The van der Waals surface area contributed by atoms with E-state index in [1.807, 2.05) is 6.92 Å². The topological polar surface area (TPSA) is 0 Å². The number of rotatable bonds is 3. The molecule has 1 unspecified atom stereocenters. The molecule has 0 spiro atoms. The van der Waals surface area contributed by atoms with E-state index < -0.39 is 0 Å². The van der Waals surface area contributed by atoms with Gasteiger partial charge in [0.05, 0.1) is 0 Å². The molecule has 0 saturated carbocycles. The highest BCUT2D eigenvalue weighted by molar-refractivity contribution is 7.22. The summed E-state index contributed by atoms with van der Waals surface area (Å²) in [6.07, 6.45) is 4.21. The van der Waals surface area contributed by atoms with Crippen LogP contribution < -0.4 is 0 Å². The van der Waals surface area contributed by atoms with Crippen LogP contribution in [-0.2, 0) is 0 Å². The zero-order valence-corrected chi connectivity index (χ0v) is 9.67. The molecular formula is C11H19P. The largest absolute Gasteiger partial charge is 0.110 e. The maximum Gasteiger partial charge on any atom is -0.0216 e. The maximum absolute atomic E-state index is 3.83. The van der Waals surface area contributed by atoms with Crippen LogP contribution in [-0.4, -0.2) is 0 Å². The molecule has 68 valence electrons. The summed E-state index contributed by atoms with van der Waals surface area (Å²) >= 11 is 0. The summed E-state index contributed by atoms with van der Waals surface area (Å²) in [4.78, 5) is 0. The predicted molar refractivity (Wildman–Crippen MR) is 61.2 cm³/mol. The Bertz CT molecular complexity index is 215. The Morgan fingerprint density at radius 3 is 2.00 bits per heavy atom. The van der Waals surface area contributed by atoms with E-state index in [1.54, 1.807) is 0 Å². The van der Waals surface area contributed by atoms with E-state index in [1.165, 1.54) is 10.9 Å². The van der Waals surface area contributed by atoms with Crippen LogP contribution in [0.25, 0.3) is 0 Å². The van der Waals surface area contributed by atoms with Crippen molar-refractivity contribution in [3.63, 3.8) is 0 Å². The molecular weight excluding hydrogens is 163 g/mol. The van der Waals surface area contributed by atoms with Crippen molar-refractivity contribution >= 4 is 9.24 Å². The lowest BCUT2D eigenvalue weighted by atomic mass is 10.0. The minimum Gasteiger partial charge on any atom is -0.110 e. The van der Waals surface area contributed by atoms with Gasteiger partial charge in [0.2, 0.25) is 0 Å². The average molecular weight is 182 g/mol. The first-order valence-electron chi connectivity index (χ1n) is 4.25. The standard InChI is InChI=1S/C11H19P/c1-8(2)6-7-11(9(3)4)10(5)12/h6-7,9H,1,12H2,2-5H3/b7-6-,11-10-.